The molecule has 3 aromatic heterocycles. The molecule has 0 radical (unpaired) electrons. The summed E-state index contributed by atoms with van der Waals surface area (Å²) >= 11 is 0. The molecule has 0 aliphatic carbocycles. The second-order valence-corrected chi connectivity index (χ2v) is 7.34. The molecule has 1 amide bonds. The predicted octanol–water partition coefficient (Wildman–Crippen LogP) is 2.23. The van der Waals surface area contributed by atoms with E-state index in [0.717, 1.165) is 35.4 Å². The minimum atomic E-state index is -0.367. The number of rotatable bonds is 2. The normalized spacial score (nSPS) is 17.5. The van der Waals surface area contributed by atoms with Gasteiger partial charge in [-0.15, -0.1) is 0 Å². The summed E-state index contributed by atoms with van der Waals surface area (Å²) in [6.45, 7) is 3.00. The van der Waals surface area contributed by atoms with Crippen LogP contribution in [0.5, 0.6) is 0 Å². The first kappa shape index (κ1) is 16.7. The predicted molar refractivity (Wildman–Crippen MR) is 105 cm³/mol. The van der Waals surface area contributed by atoms with Gasteiger partial charge in [-0.25, -0.2) is 14.5 Å². The summed E-state index contributed by atoms with van der Waals surface area (Å²) in [7, 11) is 0. The molecular weight excluding hydrogens is 356 g/mol. The average molecular weight is 376 g/mol. The van der Waals surface area contributed by atoms with Gasteiger partial charge in [0.15, 0.2) is 5.65 Å². The van der Waals surface area contributed by atoms with Gasteiger partial charge in [0.1, 0.15) is 11.4 Å². The van der Waals surface area contributed by atoms with Crippen LogP contribution in [0.2, 0.25) is 0 Å². The van der Waals surface area contributed by atoms with Crippen molar-refractivity contribution in [2.75, 3.05) is 13.1 Å². The molecule has 1 fully saturated rings. The van der Waals surface area contributed by atoms with Crippen LogP contribution in [0.1, 0.15) is 40.6 Å². The minimum absolute atomic E-state index is 0.0876. The number of likely N-dealkylation sites (tertiary alicyclic amines) is 1. The van der Waals surface area contributed by atoms with E-state index in [1.165, 1.54) is 10.7 Å². The number of aryl methyl sites for hydroxylation is 1. The van der Waals surface area contributed by atoms with Crippen molar-refractivity contribution in [1.82, 2.24) is 29.5 Å². The molecule has 1 aliphatic heterocycles. The molecule has 142 valence electrons. The summed E-state index contributed by atoms with van der Waals surface area (Å²) in [6.07, 6.45) is 3.21. The minimum Gasteiger partial charge on any atom is -0.342 e. The van der Waals surface area contributed by atoms with Gasteiger partial charge in [-0.2, -0.15) is 0 Å². The van der Waals surface area contributed by atoms with Crippen LogP contribution in [-0.2, 0) is 0 Å². The number of carbonyl (C=O) groups excluding carboxylic acids is 1. The molecule has 4 aromatic rings. The second-order valence-electron chi connectivity index (χ2n) is 7.34. The first-order valence-corrected chi connectivity index (χ1v) is 9.41. The van der Waals surface area contributed by atoms with E-state index in [1.54, 1.807) is 11.0 Å². The van der Waals surface area contributed by atoms with E-state index >= 15 is 0 Å². The number of benzene rings is 1. The number of carbonyl (C=O) groups is 1. The SMILES string of the molecule is Cc1cc2ncc(C(=O)N3CCC[C@H](c4nc5ccccc5[nH]4)C3)c(=O)n2[nH]1. The van der Waals surface area contributed by atoms with Gasteiger partial charge >= 0.3 is 0 Å². The molecule has 0 saturated carbocycles. The highest BCUT2D eigenvalue weighted by Gasteiger charge is 2.29. The summed E-state index contributed by atoms with van der Waals surface area (Å²) in [6, 6.07) is 9.68. The Morgan fingerprint density at radius 3 is 3.00 bits per heavy atom. The Balaban J connectivity index is 1.44. The number of nitrogens with one attached hydrogen (secondary N) is 2. The summed E-state index contributed by atoms with van der Waals surface area (Å²) in [5, 5.41) is 2.93. The number of amides is 1. The number of nitrogens with zero attached hydrogens (tertiary/aromatic N) is 4. The van der Waals surface area contributed by atoms with Crippen molar-refractivity contribution in [3.05, 3.63) is 64.0 Å². The highest BCUT2D eigenvalue weighted by atomic mass is 16.2. The van der Waals surface area contributed by atoms with Crippen LogP contribution >= 0.6 is 0 Å². The zero-order chi connectivity index (χ0) is 19.3. The number of piperidine rings is 1. The Morgan fingerprint density at radius 2 is 2.14 bits per heavy atom. The second kappa shape index (κ2) is 6.33. The highest BCUT2D eigenvalue weighted by molar-refractivity contribution is 5.93. The van der Waals surface area contributed by atoms with Crippen LogP contribution in [-0.4, -0.2) is 48.5 Å². The highest BCUT2D eigenvalue weighted by Crippen LogP contribution is 2.27. The third-order valence-corrected chi connectivity index (χ3v) is 5.36. The monoisotopic (exact) mass is 376 g/mol. The molecule has 0 bridgehead atoms. The standard InChI is InChI=1S/C20H20N6O2/c1-12-9-17-21-10-14(20(28)26(17)24-12)19(27)25-8-4-5-13(11-25)18-22-15-6-2-3-7-16(15)23-18/h2-3,6-7,9-10,13,24H,4-5,8,11H2,1H3,(H,22,23)/t13-/m0/s1. The van der Waals surface area contributed by atoms with Crippen molar-refractivity contribution < 1.29 is 4.79 Å². The third-order valence-electron chi connectivity index (χ3n) is 5.36. The quantitative estimate of drug-likeness (QED) is 0.560. The fraction of sp³-hybridized carbons (Fsp3) is 0.300. The molecule has 4 heterocycles. The van der Waals surface area contributed by atoms with Crippen LogP contribution < -0.4 is 5.56 Å². The Morgan fingerprint density at radius 1 is 1.29 bits per heavy atom. The zero-order valence-corrected chi connectivity index (χ0v) is 15.5. The molecule has 5 rings (SSSR count). The topological polar surface area (TPSA) is 99.2 Å². The van der Waals surface area contributed by atoms with E-state index in [-0.39, 0.29) is 22.9 Å². The maximum Gasteiger partial charge on any atom is 0.285 e. The fourth-order valence-electron chi connectivity index (χ4n) is 3.95. The van der Waals surface area contributed by atoms with Crippen molar-refractivity contribution in [3.8, 4) is 0 Å². The smallest absolute Gasteiger partial charge is 0.285 e. The molecule has 0 unspecified atom stereocenters. The number of H-pyrrole nitrogens is 2. The fourth-order valence-corrected chi connectivity index (χ4v) is 3.95. The molecule has 28 heavy (non-hydrogen) atoms. The van der Waals surface area contributed by atoms with E-state index in [2.05, 4.69) is 20.1 Å². The zero-order valence-electron chi connectivity index (χ0n) is 15.5. The Kier molecular flexibility index (Phi) is 3.78. The molecule has 1 aromatic carbocycles. The van der Waals surface area contributed by atoms with Crippen molar-refractivity contribution in [1.29, 1.82) is 0 Å². The number of para-hydroxylation sites is 2. The van der Waals surface area contributed by atoms with E-state index in [9.17, 15) is 9.59 Å². The molecule has 8 nitrogen and oxygen atoms in total. The molecule has 2 N–H and O–H groups in total. The van der Waals surface area contributed by atoms with Gasteiger partial charge in [-0.1, -0.05) is 12.1 Å². The molecule has 8 heteroatoms. The average Bonchev–Trinajstić information content (AvgIpc) is 3.31. The van der Waals surface area contributed by atoms with Gasteiger partial charge in [-0.3, -0.25) is 14.7 Å². The summed E-state index contributed by atoms with van der Waals surface area (Å²) < 4.78 is 1.32. The van der Waals surface area contributed by atoms with Crippen molar-refractivity contribution in [2.24, 2.45) is 0 Å². The molecule has 1 saturated heterocycles. The van der Waals surface area contributed by atoms with Gasteiger partial charge in [-0.05, 0) is 31.9 Å². The number of aromatic nitrogens is 5. The maximum absolute atomic E-state index is 13.0. The van der Waals surface area contributed by atoms with Crippen LogP contribution in [0.3, 0.4) is 0 Å². The summed E-state index contributed by atoms with van der Waals surface area (Å²) in [4.78, 5) is 39.8. The van der Waals surface area contributed by atoms with E-state index in [1.807, 2.05) is 31.2 Å². The number of hydrogen-bond acceptors (Lipinski definition) is 4. The lowest BCUT2D eigenvalue weighted by Gasteiger charge is -2.31. The Bertz CT molecular complexity index is 1220. The van der Waals surface area contributed by atoms with E-state index < -0.39 is 0 Å². The van der Waals surface area contributed by atoms with Gasteiger partial charge < -0.3 is 9.88 Å². The molecular formula is C20H20N6O2. The van der Waals surface area contributed by atoms with Gasteiger partial charge in [0.2, 0.25) is 0 Å². The first-order chi connectivity index (χ1) is 13.6. The maximum atomic E-state index is 13.0. The molecule has 1 atom stereocenters. The Labute approximate surface area is 160 Å². The molecule has 0 spiro atoms. The number of imidazole rings is 1. The van der Waals surface area contributed by atoms with Gasteiger partial charge in [0.25, 0.3) is 11.5 Å². The van der Waals surface area contributed by atoms with E-state index in [0.29, 0.717) is 18.7 Å². The molecule has 1 aliphatic rings. The third kappa shape index (κ3) is 2.69. The van der Waals surface area contributed by atoms with Crippen LogP contribution in [0.4, 0.5) is 0 Å². The number of hydrogen-bond donors (Lipinski definition) is 2. The van der Waals surface area contributed by atoms with E-state index in [4.69, 9.17) is 0 Å². The lowest BCUT2D eigenvalue weighted by Crippen LogP contribution is -2.42. The number of aromatic amines is 2. The van der Waals surface area contributed by atoms with Gasteiger partial charge in [0, 0.05) is 37.0 Å². The lowest BCUT2D eigenvalue weighted by atomic mass is 9.97. The lowest BCUT2D eigenvalue weighted by molar-refractivity contribution is 0.0702. The number of fused-ring (bicyclic) bond motifs is 2. The van der Waals surface area contributed by atoms with Crippen molar-refractivity contribution in [3.63, 3.8) is 0 Å². The summed E-state index contributed by atoms with van der Waals surface area (Å²) in [5.74, 6) is 0.737. The van der Waals surface area contributed by atoms with Crippen LogP contribution in [0.15, 0.2) is 41.3 Å². The largest absolute Gasteiger partial charge is 0.342 e. The van der Waals surface area contributed by atoms with Crippen molar-refractivity contribution >= 4 is 22.6 Å². The van der Waals surface area contributed by atoms with Crippen molar-refractivity contribution in [2.45, 2.75) is 25.7 Å². The van der Waals surface area contributed by atoms with Crippen LogP contribution in [0, 0.1) is 6.92 Å². The summed E-state index contributed by atoms with van der Waals surface area (Å²) in [5.41, 5.74) is 2.97. The van der Waals surface area contributed by atoms with Gasteiger partial charge in [0.05, 0.1) is 11.0 Å². The Hall–Kier alpha value is -3.42. The first-order valence-electron chi connectivity index (χ1n) is 9.41. The van der Waals surface area contributed by atoms with Crippen LogP contribution in [0.25, 0.3) is 16.7 Å².